The van der Waals surface area contributed by atoms with E-state index in [0.717, 1.165) is 16.5 Å². The van der Waals surface area contributed by atoms with E-state index in [4.69, 9.17) is 0 Å². The smallest absolute Gasteiger partial charge is 0.237 e. The number of nitrogens with zero attached hydrogens (tertiary/aromatic N) is 1. The number of aromatic amines is 1. The minimum absolute atomic E-state index is 0.131. The van der Waals surface area contributed by atoms with Crippen LogP contribution >= 0.6 is 0 Å². The third-order valence-corrected chi connectivity index (χ3v) is 3.60. The molecule has 2 heterocycles. The van der Waals surface area contributed by atoms with Crippen LogP contribution in [0.1, 0.15) is 24.4 Å². The molecule has 1 aliphatic rings. The van der Waals surface area contributed by atoms with E-state index >= 15 is 0 Å². The summed E-state index contributed by atoms with van der Waals surface area (Å²) in [5.41, 5.74) is 1.70. The lowest BCUT2D eigenvalue weighted by atomic mass is 9.92. The molecule has 0 bridgehead atoms. The van der Waals surface area contributed by atoms with Gasteiger partial charge in [0, 0.05) is 40.4 Å². The molecule has 1 fully saturated rings. The van der Waals surface area contributed by atoms with Gasteiger partial charge in [0.1, 0.15) is 6.04 Å². The van der Waals surface area contributed by atoms with Crippen molar-refractivity contribution in [2.45, 2.75) is 24.9 Å². The molecule has 98 valence electrons. The fraction of sp³-hybridized carbons (Fsp3) is 0.308. The molecule has 1 saturated heterocycles. The SMILES string of the molecule is O=C1CC[C@@H]([N+](=O)[O-])[C@H](c2c[nH]c3ccccc23)N1. The predicted octanol–water partition coefficient (Wildman–Crippen LogP) is 1.76. The highest BCUT2D eigenvalue weighted by Gasteiger charge is 2.39. The van der Waals surface area contributed by atoms with E-state index in [2.05, 4.69) is 10.3 Å². The summed E-state index contributed by atoms with van der Waals surface area (Å²) >= 11 is 0. The van der Waals surface area contributed by atoms with Crippen LogP contribution in [0.2, 0.25) is 0 Å². The second-order valence-corrected chi connectivity index (χ2v) is 4.73. The first kappa shape index (κ1) is 11.7. The molecule has 6 heteroatoms. The zero-order valence-electron chi connectivity index (χ0n) is 10.1. The van der Waals surface area contributed by atoms with Gasteiger partial charge < -0.3 is 10.3 Å². The van der Waals surface area contributed by atoms with E-state index in [0.29, 0.717) is 0 Å². The first-order valence-corrected chi connectivity index (χ1v) is 6.15. The number of H-pyrrole nitrogens is 1. The summed E-state index contributed by atoms with van der Waals surface area (Å²) in [7, 11) is 0. The van der Waals surface area contributed by atoms with Crippen molar-refractivity contribution in [2.75, 3.05) is 0 Å². The maximum absolute atomic E-state index is 11.5. The van der Waals surface area contributed by atoms with Crippen LogP contribution in [-0.4, -0.2) is 21.9 Å². The molecule has 0 spiro atoms. The van der Waals surface area contributed by atoms with Crippen molar-refractivity contribution in [1.82, 2.24) is 10.3 Å². The number of nitro groups is 1. The van der Waals surface area contributed by atoms with Crippen molar-refractivity contribution in [3.8, 4) is 0 Å². The van der Waals surface area contributed by atoms with Gasteiger partial charge in [-0.3, -0.25) is 14.9 Å². The van der Waals surface area contributed by atoms with Crippen LogP contribution in [0.5, 0.6) is 0 Å². The van der Waals surface area contributed by atoms with Crippen molar-refractivity contribution in [3.05, 3.63) is 46.1 Å². The average molecular weight is 259 g/mol. The molecular formula is C13H13N3O3. The van der Waals surface area contributed by atoms with E-state index in [1.807, 2.05) is 24.3 Å². The number of hydrogen-bond donors (Lipinski definition) is 2. The second-order valence-electron chi connectivity index (χ2n) is 4.73. The molecule has 19 heavy (non-hydrogen) atoms. The molecule has 1 aromatic heterocycles. The van der Waals surface area contributed by atoms with Crippen molar-refractivity contribution in [2.24, 2.45) is 0 Å². The average Bonchev–Trinajstić information content (AvgIpc) is 2.82. The minimum atomic E-state index is -0.767. The molecule has 2 N–H and O–H groups in total. The monoisotopic (exact) mass is 259 g/mol. The van der Waals surface area contributed by atoms with E-state index in [9.17, 15) is 14.9 Å². The van der Waals surface area contributed by atoms with E-state index < -0.39 is 12.1 Å². The molecule has 0 radical (unpaired) electrons. The summed E-state index contributed by atoms with van der Waals surface area (Å²) in [5.74, 6) is -0.131. The highest BCUT2D eigenvalue weighted by Crippen LogP contribution is 2.31. The summed E-state index contributed by atoms with van der Waals surface area (Å²) in [6.07, 6.45) is 2.24. The lowest BCUT2D eigenvalue weighted by Crippen LogP contribution is -2.45. The molecule has 0 aliphatic carbocycles. The number of carbonyl (C=O) groups excluding carboxylic acids is 1. The van der Waals surface area contributed by atoms with Crippen molar-refractivity contribution >= 4 is 16.8 Å². The van der Waals surface area contributed by atoms with Gasteiger partial charge in [0.05, 0.1) is 0 Å². The molecule has 1 amide bonds. The molecule has 1 aliphatic heterocycles. The van der Waals surface area contributed by atoms with Crippen LogP contribution in [-0.2, 0) is 4.79 Å². The lowest BCUT2D eigenvalue weighted by Gasteiger charge is -2.26. The van der Waals surface area contributed by atoms with Crippen LogP contribution in [0.3, 0.4) is 0 Å². The number of nitrogens with one attached hydrogen (secondary N) is 2. The Morgan fingerprint density at radius 3 is 2.89 bits per heavy atom. The first-order chi connectivity index (χ1) is 9.16. The Morgan fingerprint density at radius 1 is 1.32 bits per heavy atom. The normalized spacial score (nSPS) is 23.3. The summed E-state index contributed by atoms with van der Waals surface area (Å²) in [6, 6.07) is 6.26. The fourth-order valence-electron chi connectivity index (χ4n) is 2.65. The van der Waals surface area contributed by atoms with Crippen LogP contribution < -0.4 is 5.32 Å². The first-order valence-electron chi connectivity index (χ1n) is 6.15. The number of hydrogen-bond acceptors (Lipinski definition) is 3. The summed E-state index contributed by atoms with van der Waals surface area (Å²) in [5, 5.41) is 14.8. The number of piperidine rings is 1. The Kier molecular flexibility index (Phi) is 2.70. The third-order valence-electron chi connectivity index (χ3n) is 3.60. The minimum Gasteiger partial charge on any atom is -0.361 e. The van der Waals surface area contributed by atoms with Gasteiger partial charge >= 0.3 is 0 Å². The zero-order chi connectivity index (χ0) is 13.4. The van der Waals surface area contributed by atoms with Crippen molar-refractivity contribution in [1.29, 1.82) is 0 Å². The fourth-order valence-corrected chi connectivity index (χ4v) is 2.65. The Morgan fingerprint density at radius 2 is 2.11 bits per heavy atom. The Balaban J connectivity index is 2.06. The van der Waals surface area contributed by atoms with Crippen LogP contribution in [0.15, 0.2) is 30.5 Å². The standard InChI is InChI=1S/C13H13N3O3/c17-12-6-5-11(16(18)19)13(15-12)9-7-14-10-4-2-1-3-8(9)10/h1-4,7,11,13-14H,5-6H2,(H,15,17)/t11-,13+/m1/s1. The van der Waals surface area contributed by atoms with Gasteiger partial charge in [0.15, 0.2) is 0 Å². The number of benzene rings is 1. The van der Waals surface area contributed by atoms with Gasteiger partial charge in [-0.05, 0) is 6.07 Å². The Hall–Kier alpha value is -2.37. The predicted molar refractivity (Wildman–Crippen MR) is 69.2 cm³/mol. The molecule has 0 saturated carbocycles. The van der Waals surface area contributed by atoms with Gasteiger partial charge in [-0.1, -0.05) is 18.2 Å². The van der Waals surface area contributed by atoms with Gasteiger partial charge in [-0.2, -0.15) is 0 Å². The molecule has 0 unspecified atom stereocenters. The number of carbonyl (C=O) groups is 1. The van der Waals surface area contributed by atoms with Gasteiger partial charge in [0.2, 0.25) is 11.9 Å². The van der Waals surface area contributed by atoms with Crippen LogP contribution in [0.25, 0.3) is 10.9 Å². The quantitative estimate of drug-likeness (QED) is 0.636. The lowest BCUT2D eigenvalue weighted by molar-refractivity contribution is -0.529. The number of fused-ring (bicyclic) bond motifs is 1. The highest BCUT2D eigenvalue weighted by molar-refractivity contribution is 5.85. The number of rotatable bonds is 2. The van der Waals surface area contributed by atoms with E-state index in [1.54, 1.807) is 6.20 Å². The highest BCUT2D eigenvalue weighted by atomic mass is 16.6. The topological polar surface area (TPSA) is 88.0 Å². The molecular weight excluding hydrogens is 246 g/mol. The van der Waals surface area contributed by atoms with Crippen LogP contribution in [0.4, 0.5) is 0 Å². The van der Waals surface area contributed by atoms with Gasteiger partial charge in [-0.25, -0.2) is 0 Å². The largest absolute Gasteiger partial charge is 0.361 e. The maximum atomic E-state index is 11.5. The molecule has 2 aromatic rings. The zero-order valence-corrected chi connectivity index (χ0v) is 10.1. The molecule has 3 rings (SSSR count). The Bertz CT molecular complexity index is 649. The van der Waals surface area contributed by atoms with Crippen molar-refractivity contribution in [3.63, 3.8) is 0 Å². The van der Waals surface area contributed by atoms with Crippen molar-refractivity contribution < 1.29 is 9.72 Å². The number of aromatic nitrogens is 1. The maximum Gasteiger partial charge on any atom is 0.237 e. The summed E-state index contributed by atoms with van der Waals surface area (Å²) in [6.45, 7) is 0. The summed E-state index contributed by atoms with van der Waals surface area (Å²) < 4.78 is 0. The third kappa shape index (κ3) is 1.95. The van der Waals surface area contributed by atoms with E-state index in [-0.39, 0.29) is 23.7 Å². The number of para-hydroxylation sites is 1. The molecule has 6 nitrogen and oxygen atoms in total. The second kappa shape index (κ2) is 4.38. The summed E-state index contributed by atoms with van der Waals surface area (Å²) in [4.78, 5) is 25.5. The Labute approximate surface area is 109 Å². The van der Waals surface area contributed by atoms with Crippen LogP contribution in [0, 0.1) is 10.1 Å². The van der Waals surface area contributed by atoms with Gasteiger partial charge in [0.25, 0.3) is 0 Å². The molecule has 2 atom stereocenters. The number of amides is 1. The van der Waals surface area contributed by atoms with Gasteiger partial charge in [-0.15, -0.1) is 0 Å². The molecule has 1 aromatic carbocycles. The van der Waals surface area contributed by atoms with E-state index in [1.165, 1.54) is 0 Å².